The molecule has 2 N–H and O–H groups in total. The minimum atomic E-state index is -2.91. The zero-order valence-electron chi connectivity index (χ0n) is 10.8. The number of rotatable bonds is 4. The van der Waals surface area contributed by atoms with Crippen molar-refractivity contribution in [1.82, 2.24) is 0 Å². The van der Waals surface area contributed by atoms with Crippen LogP contribution in [0.25, 0.3) is 0 Å². The molecular weight excluding hydrogens is 330 g/mol. The van der Waals surface area contributed by atoms with E-state index in [4.69, 9.17) is 10.5 Å². The Hall–Kier alpha value is -0.590. The molecule has 4 nitrogen and oxygen atoms in total. The maximum Gasteiger partial charge on any atom is 0.154 e. The summed E-state index contributed by atoms with van der Waals surface area (Å²) in [5.74, 6) is 1.05. The molecule has 1 aliphatic heterocycles. The number of benzene rings is 1. The largest absolute Gasteiger partial charge is 0.489 e. The van der Waals surface area contributed by atoms with Gasteiger partial charge in [0.25, 0.3) is 0 Å². The van der Waals surface area contributed by atoms with Crippen LogP contribution in [0.3, 0.4) is 0 Å². The number of hydrogen-bond acceptors (Lipinski definition) is 4. The van der Waals surface area contributed by atoms with E-state index in [0.717, 1.165) is 16.5 Å². The molecule has 1 aromatic carbocycles. The topological polar surface area (TPSA) is 69.4 Å². The second-order valence-corrected chi connectivity index (χ2v) is 8.16. The van der Waals surface area contributed by atoms with Gasteiger partial charge in [-0.1, -0.05) is 15.9 Å². The minimum absolute atomic E-state index is 0.0680. The van der Waals surface area contributed by atoms with Crippen molar-refractivity contribution in [2.75, 3.05) is 11.5 Å². The number of sulfone groups is 1. The standard InChI is InChI=1S/C13H18BrNO3S/c1-9(15)6-10-7-11(2-3-13(10)14)18-12-4-5-19(16,17)8-12/h2-3,7,9,12H,4-6,8,15H2,1H3. The quantitative estimate of drug-likeness (QED) is 0.902. The van der Waals surface area contributed by atoms with Gasteiger partial charge in [0.05, 0.1) is 11.5 Å². The van der Waals surface area contributed by atoms with Crippen molar-refractivity contribution in [2.24, 2.45) is 5.73 Å². The first-order valence-electron chi connectivity index (χ1n) is 6.27. The van der Waals surface area contributed by atoms with Crippen LogP contribution >= 0.6 is 15.9 Å². The van der Waals surface area contributed by atoms with Crippen LogP contribution in [-0.4, -0.2) is 32.1 Å². The summed E-state index contributed by atoms with van der Waals surface area (Å²) in [4.78, 5) is 0. The van der Waals surface area contributed by atoms with Crippen LogP contribution in [0.2, 0.25) is 0 Å². The second kappa shape index (κ2) is 5.81. The van der Waals surface area contributed by atoms with Crippen molar-refractivity contribution in [1.29, 1.82) is 0 Å². The molecule has 1 fully saturated rings. The van der Waals surface area contributed by atoms with E-state index in [9.17, 15) is 8.42 Å². The lowest BCUT2D eigenvalue weighted by Crippen LogP contribution is -2.19. The Bertz CT molecular complexity index is 557. The summed E-state index contributed by atoms with van der Waals surface area (Å²) in [5, 5.41) is 0. The van der Waals surface area contributed by atoms with Gasteiger partial charge in [0.15, 0.2) is 9.84 Å². The molecule has 106 valence electrons. The smallest absolute Gasteiger partial charge is 0.154 e. The Kier molecular flexibility index (Phi) is 4.53. The predicted octanol–water partition coefficient (Wildman–Crippen LogP) is 1.90. The zero-order valence-corrected chi connectivity index (χ0v) is 13.2. The lowest BCUT2D eigenvalue weighted by molar-refractivity contribution is 0.228. The van der Waals surface area contributed by atoms with Gasteiger partial charge in [-0.05, 0) is 43.5 Å². The molecule has 6 heteroatoms. The molecule has 0 amide bonds. The molecule has 0 aromatic heterocycles. The van der Waals surface area contributed by atoms with E-state index in [2.05, 4.69) is 15.9 Å². The van der Waals surface area contributed by atoms with E-state index >= 15 is 0 Å². The molecule has 1 aliphatic rings. The molecule has 1 saturated heterocycles. The summed E-state index contributed by atoms with van der Waals surface area (Å²) < 4.78 is 29.5. The number of nitrogens with two attached hydrogens (primary N) is 1. The molecule has 19 heavy (non-hydrogen) atoms. The van der Waals surface area contributed by atoms with Crippen LogP contribution in [-0.2, 0) is 16.3 Å². The van der Waals surface area contributed by atoms with Crippen molar-refractivity contribution < 1.29 is 13.2 Å². The second-order valence-electron chi connectivity index (χ2n) is 5.08. The van der Waals surface area contributed by atoms with E-state index < -0.39 is 9.84 Å². The Morgan fingerprint density at radius 2 is 2.26 bits per heavy atom. The SMILES string of the molecule is CC(N)Cc1cc(OC2CCS(=O)(=O)C2)ccc1Br. The van der Waals surface area contributed by atoms with Gasteiger partial charge in [-0.25, -0.2) is 8.42 Å². The highest BCUT2D eigenvalue weighted by molar-refractivity contribution is 9.10. The van der Waals surface area contributed by atoms with Crippen LogP contribution in [0.1, 0.15) is 18.9 Å². The average molecular weight is 348 g/mol. The van der Waals surface area contributed by atoms with Gasteiger partial charge >= 0.3 is 0 Å². The van der Waals surface area contributed by atoms with Gasteiger partial charge in [0.2, 0.25) is 0 Å². The minimum Gasteiger partial charge on any atom is -0.489 e. The molecule has 0 aliphatic carbocycles. The van der Waals surface area contributed by atoms with Crippen molar-refractivity contribution in [2.45, 2.75) is 31.9 Å². The van der Waals surface area contributed by atoms with Gasteiger partial charge in [-0.2, -0.15) is 0 Å². The van der Waals surface area contributed by atoms with Gasteiger partial charge in [-0.15, -0.1) is 0 Å². The van der Waals surface area contributed by atoms with Gasteiger partial charge in [0, 0.05) is 10.5 Å². The molecular formula is C13H18BrNO3S. The Morgan fingerprint density at radius 3 is 2.84 bits per heavy atom. The van der Waals surface area contributed by atoms with E-state index in [1.807, 2.05) is 25.1 Å². The Labute approximate surface area is 122 Å². The normalized spacial score (nSPS) is 23.2. The highest BCUT2D eigenvalue weighted by atomic mass is 79.9. The summed E-state index contributed by atoms with van der Waals surface area (Å²) in [6.07, 6.45) is 1.09. The van der Waals surface area contributed by atoms with Crippen molar-refractivity contribution in [3.8, 4) is 5.75 Å². The fourth-order valence-corrected chi connectivity index (χ4v) is 4.17. The van der Waals surface area contributed by atoms with Crippen LogP contribution in [0, 0.1) is 0 Å². The first-order chi connectivity index (χ1) is 8.85. The fraction of sp³-hybridized carbons (Fsp3) is 0.538. The first kappa shape index (κ1) is 14.8. The molecule has 0 saturated carbocycles. The van der Waals surface area contributed by atoms with E-state index in [0.29, 0.717) is 12.2 Å². The van der Waals surface area contributed by atoms with Gasteiger partial charge in [0.1, 0.15) is 11.9 Å². The Balaban J connectivity index is 2.09. The average Bonchev–Trinajstić information content (AvgIpc) is 2.62. The third-order valence-electron chi connectivity index (χ3n) is 3.05. The van der Waals surface area contributed by atoms with Gasteiger partial charge < -0.3 is 10.5 Å². The summed E-state index contributed by atoms with van der Waals surface area (Å²) in [6.45, 7) is 1.95. The highest BCUT2D eigenvalue weighted by Crippen LogP contribution is 2.26. The zero-order chi connectivity index (χ0) is 14.0. The summed E-state index contributed by atoms with van der Waals surface area (Å²) in [6, 6.07) is 5.76. The molecule has 2 atom stereocenters. The Morgan fingerprint density at radius 1 is 1.53 bits per heavy atom. The van der Waals surface area contributed by atoms with Crippen LogP contribution in [0.5, 0.6) is 5.75 Å². The lowest BCUT2D eigenvalue weighted by Gasteiger charge is -2.14. The van der Waals surface area contributed by atoms with Crippen LogP contribution in [0.4, 0.5) is 0 Å². The number of halogens is 1. The van der Waals surface area contributed by atoms with Crippen molar-refractivity contribution in [3.63, 3.8) is 0 Å². The number of hydrogen-bond donors (Lipinski definition) is 1. The van der Waals surface area contributed by atoms with Crippen LogP contribution in [0.15, 0.2) is 22.7 Å². The van der Waals surface area contributed by atoms with E-state index in [1.165, 1.54) is 0 Å². The van der Waals surface area contributed by atoms with Gasteiger partial charge in [-0.3, -0.25) is 0 Å². The third-order valence-corrected chi connectivity index (χ3v) is 5.56. The van der Waals surface area contributed by atoms with Crippen molar-refractivity contribution in [3.05, 3.63) is 28.2 Å². The van der Waals surface area contributed by atoms with Crippen LogP contribution < -0.4 is 10.5 Å². The summed E-state index contributed by atoms with van der Waals surface area (Å²) >= 11 is 3.48. The molecule has 2 rings (SSSR count). The molecule has 0 radical (unpaired) electrons. The van der Waals surface area contributed by atoms with Crippen molar-refractivity contribution >= 4 is 25.8 Å². The maximum absolute atomic E-state index is 11.4. The third kappa shape index (κ3) is 4.19. The predicted molar refractivity (Wildman–Crippen MR) is 79.2 cm³/mol. The molecule has 2 unspecified atom stereocenters. The molecule has 0 bridgehead atoms. The van der Waals surface area contributed by atoms with E-state index in [1.54, 1.807) is 0 Å². The molecule has 1 heterocycles. The summed E-state index contributed by atoms with van der Waals surface area (Å²) in [7, 11) is -2.91. The first-order valence-corrected chi connectivity index (χ1v) is 8.88. The fourth-order valence-electron chi connectivity index (χ4n) is 2.17. The van der Waals surface area contributed by atoms with E-state index in [-0.39, 0.29) is 23.7 Å². The molecule has 1 aromatic rings. The lowest BCUT2D eigenvalue weighted by atomic mass is 10.1. The maximum atomic E-state index is 11.4. The monoisotopic (exact) mass is 347 g/mol. The number of ether oxygens (including phenoxy) is 1. The highest BCUT2D eigenvalue weighted by Gasteiger charge is 2.29. The molecule has 0 spiro atoms. The summed E-state index contributed by atoms with van der Waals surface area (Å²) in [5.41, 5.74) is 6.88.